The van der Waals surface area contributed by atoms with E-state index in [-0.39, 0.29) is 12.8 Å². The molecule has 0 saturated heterocycles. The molecule has 0 spiro atoms. The van der Waals surface area contributed by atoms with Gasteiger partial charge in [-0.2, -0.15) is 0 Å². The van der Waals surface area contributed by atoms with Gasteiger partial charge in [0.2, 0.25) is 0 Å². The molecular formula is C40H75O13P. The van der Waals surface area contributed by atoms with Gasteiger partial charge >= 0.3 is 19.8 Å². The summed E-state index contributed by atoms with van der Waals surface area (Å²) in [4.78, 5) is 35.5. The Morgan fingerprint density at radius 1 is 0.556 bits per heavy atom. The number of phosphoric acid groups is 1. The number of aliphatic hydroxyl groups excluding tert-OH is 5. The van der Waals surface area contributed by atoms with E-state index in [1.165, 1.54) is 77.0 Å². The maximum atomic E-state index is 12.8. The maximum absolute atomic E-state index is 12.8. The first kappa shape index (κ1) is 50.6. The Hall–Kier alpha value is -1.41. The molecule has 6 N–H and O–H groups in total. The van der Waals surface area contributed by atoms with Crippen LogP contribution in [0.5, 0.6) is 0 Å². The van der Waals surface area contributed by atoms with Crippen LogP contribution in [-0.2, 0) is 32.7 Å². The molecule has 0 aliphatic heterocycles. The highest BCUT2D eigenvalue weighted by Crippen LogP contribution is 2.47. The van der Waals surface area contributed by atoms with E-state index >= 15 is 0 Å². The summed E-state index contributed by atoms with van der Waals surface area (Å²) in [6.45, 7) is 3.25. The highest BCUT2D eigenvalue weighted by Gasteiger charge is 2.51. The molecule has 8 atom stereocenters. The Labute approximate surface area is 324 Å². The summed E-state index contributed by atoms with van der Waals surface area (Å²) in [5.41, 5.74) is 0. The summed E-state index contributed by atoms with van der Waals surface area (Å²) in [6, 6.07) is 0. The standard InChI is InChI=1S/C40H75O13P/c1-3-5-7-9-11-13-15-17-19-20-22-24-26-28-33(41)50-30-32(52-34(42)29-27-25-23-21-18-16-14-12-10-8-6-4-2)31-51-54(48,49)53-40-38(46)36(44)35(43)37(45)39(40)47/h12,14,32,35-40,43-47H,3-11,13,15-31H2,1-2H3,(H,48,49)/b14-12+/t32-,35?,36-,37?,38?,39?,40?/m1/s1. The van der Waals surface area contributed by atoms with Crippen molar-refractivity contribution in [1.82, 2.24) is 0 Å². The monoisotopic (exact) mass is 794 g/mol. The number of unbranched alkanes of at least 4 members (excludes halogenated alkanes) is 20. The lowest BCUT2D eigenvalue weighted by Crippen LogP contribution is -2.64. The molecule has 54 heavy (non-hydrogen) atoms. The number of hydrogen-bond donors (Lipinski definition) is 6. The Morgan fingerprint density at radius 2 is 0.944 bits per heavy atom. The molecular weight excluding hydrogens is 719 g/mol. The number of aliphatic hydroxyl groups is 5. The molecule has 0 aromatic carbocycles. The van der Waals surface area contributed by atoms with E-state index in [0.717, 1.165) is 57.8 Å². The molecule has 1 fully saturated rings. The topological polar surface area (TPSA) is 210 Å². The summed E-state index contributed by atoms with van der Waals surface area (Å²) >= 11 is 0. The molecule has 13 nitrogen and oxygen atoms in total. The van der Waals surface area contributed by atoms with Crippen LogP contribution in [0.1, 0.15) is 174 Å². The van der Waals surface area contributed by atoms with E-state index in [0.29, 0.717) is 12.8 Å². The fourth-order valence-corrected chi connectivity index (χ4v) is 7.37. The van der Waals surface area contributed by atoms with Crippen molar-refractivity contribution in [2.24, 2.45) is 0 Å². The molecule has 1 aliphatic rings. The van der Waals surface area contributed by atoms with Crippen molar-refractivity contribution in [1.29, 1.82) is 0 Å². The van der Waals surface area contributed by atoms with Gasteiger partial charge in [0, 0.05) is 12.8 Å². The SMILES string of the molecule is CCCCC/C=C/CCCCCCCC(=O)O[C@H](COC(=O)CCCCCCCCCCCCCCC)COP(=O)(O)OC1C(O)C(O)C(O)[C@@H](O)C1O. The number of carbonyl (C=O) groups excluding carboxylic acids is 2. The molecule has 0 radical (unpaired) electrons. The van der Waals surface area contributed by atoms with Gasteiger partial charge in [0.15, 0.2) is 6.10 Å². The van der Waals surface area contributed by atoms with Gasteiger partial charge in [-0.3, -0.25) is 18.6 Å². The molecule has 1 saturated carbocycles. The molecule has 0 bridgehead atoms. The maximum Gasteiger partial charge on any atom is 0.472 e. The third kappa shape index (κ3) is 24.3. The van der Waals surface area contributed by atoms with E-state index < -0.39 is 75.7 Å². The number of esters is 2. The van der Waals surface area contributed by atoms with E-state index in [9.17, 15) is 44.6 Å². The second-order valence-electron chi connectivity index (χ2n) is 14.8. The lowest BCUT2D eigenvalue weighted by atomic mass is 9.85. The first-order valence-corrected chi connectivity index (χ1v) is 22.5. The number of carbonyl (C=O) groups is 2. The van der Waals surface area contributed by atoms with E-state index in [4.69, 9.17) is 18.5 Å². The molecule has 6 unspecified atom stereocenters. The van der Waals surface area contributed by atoms with Crippen LogP contribution in [0.25, 0.3) is 0 Å². The average Bonchev–Trinajstić information content (AvgIpc) is 3.15. The van der Waals surface area contributed by atoms with Crippen LogP contribution >= 0.6 is 7.82 Å². The van der Waals surface area contributed by atoms with E-state index in [1.54, 1.807) is 0 Å². The lowest BCUT2D eigenvalue weighted by molar-refractivity contribution is -0.220. The Bertz CT molecular complexity index is 1010. The van der Waals surface area contributed by atoms with Crippen molar-refractivity contribution in [2.45, 2.75) is 217 Å². The summed E-state index contributed by atoms with van der Waals surface area (Å²) in [5.74, 6) is -1.11. The van der Waals surface area contributed by atoms with Gasteiger partial charge in [0.1, 0.15) is 43.2 Å². The molecule has 0 heterocycles. The third-order valence-corrected chi connectivity index (χ3v) is 10.8. The van der Waals surface area contributed by atoms with Crippen molar-refractivity contribution in [2.75, 3.05) is 13.2 Å². The molecule has 0 aromatic rings. The van der Waals surface area contributed by atoms with Crippen LogP contribution < -0.4 is 0 Å². The molecule has 14 heteroatoms. The molecule has 1 rings (SSSR count). The van der Waals surface area contributed by atoms with Crippen molar-refractivity contribution in [3.05, 3.63) is 12.2 Å². The number of rotatable bonds is 34. The van der Waals surface area contributed by atoms with Gasteiger partial charge in [-0.05, 0) is 38.5 Å². The van der Waals surface area contributed by atoms with Crippen LogP contribution in [0.4, 0.5) is 0 Å². The molecule has 1 aliphatic carbocycles. The number of hydrogen-bond acceptors (Lipinski definition) is 12. The first-order chi connectivity index (χ1) is 25.9. The summed E-state index contributed by atoms with van der Waals surface area (Å²) < 4.78 is 33.4. The number of phosphoric ester groups is 1. The Balaban J connectivity index is 2.51. The summed E-state index contributed by atoms with van der Waals surface area (Å²) in [6.07, 6.45) is 17.1. The zero-order chi connectivity index (χ0) is 40.0. The Kier molecular flexibility index (Phi) is 29.7. The summed E-state index contributed by atoms with van der Waals surface area (Å²) in [7, 11) is -5.11. The van der Waals surface area contributed by atoms with E-state index in [1.807, 2.05) is 0 Å². The van der Waals surface area contributed by atoms with Gasteiger partial charge in [0.25, 0.3) is 0 Å². The quantitative estimate of drug-likeness (QED) is 0.0166. The van der Waals surface area contributed by atoms with Crippen molar-refractivity contribution >= 4 is 19.8 Å². The van der Waals surface area contributed by atoms with Gasteiger partial charge in [-0.25, -0.2) is 4.57 Å². The zero-order valence-corrected chi connectivity index (χ0v) is 34.2. The number of ether oxygens (including phenoxy) is 2. The first-order valence-electron chi connectivity index (χ1n) is 21.0. The van der Waals surface area contributed by atoms with Crippen molar-refractivity contribution < 1.29 is 63.1 Å². The van der Waals surface area contributed by atoms with Crippen molar-refractivity contribution in [3.8, 4) is 0 Å². The highest BCUT2D eigenvalue weighted by atomic mass is 31.2. The molecule has 0 amide bonds. The normalized spacial score (nSPS) is 23.3. The summed E-state index contributed by atoms with van der Waals surface area (Å²) in [5, 5.41) is 50.0. The second-order valence-corrected chi connectivity index (χ2v) is 16.3. The molecule has 0 aromatic heterocycles. The van der Waals surface area contributed by atoms with Crippen LogP contribution in [-0.4, -0.2) is 98.3 Å². The van der Waals surface area contributed by atoms with E-state index in [2.05, 4.69) is 26.0 Å². The lowest BCUT2D eigenvalue weighted by Gasteiger charge is -2.41. The van der Waals surface area contributed by atoms with Crippen molar-refractivity contribution in [3.63, 3.8) is 0 Å². The Morgan fingerprint density at radius 3 is 1.44 bits per heavy atom. The largest absolute Gasteiger partial charge is 0.472 e. The predicted octanol–water partition coefficient (Wildman–Crippen LogP) is 7.11. The zero-order valence-electron chi connectivity index (χ0n) is 33.3. The molecule has 318 valence electrons. The minimum Gasteiger partial charge on any atom is -0.462 e. The van der Waals surface area contributed by atoms with Crippen LogP contribution in [0.3, 0.4) is 0 Å². The van der Waals surface area contributed by atoms with Crippen LogP contribution in [0.2, 0.25) is 0 Å². The van der Waals surface area contributed by atoms with Crippen LogP contribution in [0.15, 0.2) is 12.2 Å². The minimum atomic E-state index is -5.11. The van der Waals surface area contributed by atoms with Gasteiger partial charge < -0.3 is 39.9 Å². The highest BCUT2D eigenvalue weighted by molar-refractivity contribution is 7.47. The number of allylic oxidation sites excluding steroid dienone is 2. The van der Waals surface area contributed by atoms with Crippen LogP contribution in [0, 0.1) is 0 Å². The average molecular weight is 795 g/mol. The van der Waals surface area contributed by atoms with Gasteiger partial charge in [-0.1, -0.05) is 135 Å². The minimum absolute atomic E-state index is 0.0899. The van der Waals surface area contributed by atoms with Gasteiger partial charge in [-0.15, -0.1) is 0 Å². The second kappa shape index (κ2) is 31.6. The fraction of sp³-hybridized carbons (Fsp3) is 0.900. The smallest absolute Gasteiger partial charge is 0.462 e. The fourth-order valence-electron chi connectivity index (χ4n) is 6.40. The predicted molar refractivity (Wildman–Crippen MR) is 207 cm³/mol. The van der Waals surface area contributed by atoms with Gasteiger partial charge in [0.05, 0.1) is 6.61 Å². The third-order valence-electron chi connectivity index (χ3n) is 9.86.